The van der Waals surface area contributed by atoms with E-state index in [1.54, 1.807) is 0 Å². The number of nitrogens with zero attached hydrogens (tertiary/aromatic N) is 2. The molecule has 2 rings (SSSR count). The number of hydrogen-bond acceptors (Lipinski definition) is 3. The van der Waals surface area contributed by atoms with Gasteiger partial charge in [-0.3, -0.25) is 0 Å². The summed E-state index contributed by atoms with van der Waals surface area (Å²) in [6, 6.07) is 2.39. The van der Waals surface area contributed by atoms with Gasteiger partial charge in [0.15, 0.2) is 5.01 Å². The van der Waals surface area contributed by atoms with Crippen LogP contribution in [0.1, 0.15) is 5.01 Å². The topological polar surface area (TPSA) is 25.8 Å². The summed E-state index contributed by atoms with van der Waals surface area (Å²) in [6.07, 6.45) is 0.541. The first-order valence-corrected chi connectivity index (χ1v) is 6.79. The number of alkyl halides is 1. The second kappa shape index (κ2) is 5.37. The Morgan fingerprint density at radius 2 is 1.88 bits per heavy atom. The first-order chi connectivity index (χ1) is 8.11. The van der Waals surface area contributed by atoms with Gasteiger partial charge in [-0.15, -0.1) is 21.8 Å². The molecule has 0 aliphatic rings. The minimum Gasteiger partial charge on any atom is -0.206 e. The average Bonchev–Trinajstić information content (AvgIpc) is 2.65. The second-order valence-corrected chi connectivity index (χ2v) is 5.54. The maximum atomic E-state index is 13.6. The third-order valence-corrected chi connectivity index (χ3v) is 3.64. The predicted molar refractivity (Wildman–Crippen MR) is 67.4 cm³/mol. The molecule has 1 aromatic heterocycles. The van der Waals surface area contributed by atoms with E-state index < -0.39 is 11.6 Å². The molecule has 0 fully saturated rings. The molecule has 17 heavy (non-hydrogen) atoms. The molecular weight excluding hydrogens is 334 g/mol. The largest absolute Gasteiger partial charge is 0.206 e. The SMILES string of the molecule is Fc1cc(Br)cc(F)c1-c1nnc(CCCl)s1. The lowest BCUT2D eigenvalue weighted by molar-refractivity contribution is 0.587. The van der Waals surface area contributed by atoms with Crippen molar-refractivity contribution in [3.05, 3.63) is 33.2 Å². The van der Waals surface area contributed by atoms with Crippen LogP contribution in [0, 0.1) is 11.6 Å². The summed E-state index contributed by atoms with van der Waals surface area (Å²) in [6.45, 7) is 0. The fraction of sp³-hybridized carbons (Fsp3) is 0.200. The summed E-state index contributed by atoms with van der Waals surface area (Å²) in [4.78, 5) is 0. The fourth-order valence-corrected chi connectivity index (χ4v) is 2.86. The van der Waals surface area contributed by atoms with Crippen molar-refractivity contribution in [1.29, 1.82) is 0 Å². The van der Waals surface area contributed by atoms with E-state index in [1.807, 2.05) is 0 Å². The summed E-state index contributed by atoms with van der Waals surface area (Å²) >= 11 is 9.72. The Kier molecular flexibility index (Phi) is 4.06. The minimum absolute atomic E-state index is 0.147. The van der Waals surface area contributed by atoms with Gasteiger partial charge in [0.1, 0.15) is 16.6 Å². The van der Waals surface area contributed by atoms with Crippen molar-refractivity contribution in [2.75, 3.05) is 5.88 Å². The average molecular weight is 340 g/mol. The van der Waals surface area contributed by atoms with Gasteiger partial charge in [-0.05, 0) is 12.1 Å². The van der Waals surface area contributed by atoms with Gasteiger partial charge in [0, 0.05) is 16.8 Å². The Morgan fingerprint density at radius 3 is 2.47 bits per heavy atom. The molecule has 90 valence electrons. The molecule has 1 aromatic carbocycles. The number of halogens is 4. The van der Waals surface area contributed by atoms with Crippen LogP contribution < -0.4 is 0 Å². The summed E-state index contributed by atoms with van der Waals surface area (Å²) in [5.74, 6) is -0.921. The van der Waals surface area contributed by atoms with Crippen molar-refractivity contribution in [2.24, 2.45) is 0 Å². The molecule has 0 spiro atoms. The molecule has 2 nitrogen and oxygen atoms in total. The van der Waals surface area contributed by atoms with Gasteiger partial charge < -0.3 is 0 Å². The molecule has 0 unspecified atom stereocenters. The van der Waals surface area contributed by atoms with Gasteiger partial charge in [-0.2, -0.15) is 0 Å². The lowest BCUT2D eigenvalue weighted by atomic mass is 10.2. The van der Waals surface area contributed by atoms with Gasteiger partial charge in [0.05, 0.1) is 5.56 Å². The fourth-order valence-electron chi connectivity index (χ4n) is 1.28. The Labute approximate surface area is 114 Å². The zero-order chi connectivity index (χ0) is 12.4. The first-order valence-electron chi connectivity index (χ1n) is 4.65. The normalized spacial score (nSPS) is 10.8. The molecule has 0 N–H and O–H groups in total. The van der Waals surface area contributed by atoms with E-state index in [0.717, 1.165) is 11.3 Å². The summed E-state index contributed by atoms with van der Waals surface area (Å²) in [7, 11) is 0. The number of aromatic nitrogens is 2. The highest BCUT2D eigenvalue weighted by Gasteiger charge is 2.17. The number of rotatable bonds is 3. The van der Waals surface area contributed by atoms with Crippen molar-refractivity contribution in [1.82, 2.24) is 10.2 Å². The number of benzene rings is 1. The minimum atomic E-state index is -0.662. The Morgan fingerprint density at radius 1 is 1.24 bits per heavy atom. The molecule has 0 saturated carbocycles. The molecule has 7 heteroatoms. The zero-order valence-electron chi connectivity index (χ0n) is 8.38. The van der Waals surface area contributed by atoms with Crippen molar-refractivity contribution in [2.45, 2.75) is 6.42 Å². The molecule has 0 saturated heterocycles. The van der Waals surface area contributed by atoms with Gasteiger partial charge in [0.2, 0.25) is 0 Å². The molecule has 0 amide bonds. The molecule has 0 aliphatic heterocycles. The highest BCUT2D eigenvalue weighted by atomic mass is 79.9. The number of aryl methyl sites for hydroxylation is 1. The van der Waals surface area contributed by atoms with E-state index in [4.69, 9.17) is 11.6 Å². The highest BCUT2D eigenvalue weighted by Crippen LogP contribution is 2.31. The molecule has 0 bridgehead atoms. The predicted octanol–water partition coefficient (Wildman–Crippen LogP) is 4.03. The third-order valence-electron chi connectivity index (χ3n) is 2.00. The van der Waals surface area contributed by atoms with Crippen LogP contribution in [-0.4, -0.2) is 16.1 Å². The van der Waals surface area contributed by atoms with E-state index in [1.165, 1.54) is 12.1 Å². The van der Waals surface area contributed by atoms with Crippen LogP contribution in [-0.2, 0) is 6.42 Å². The van der Waals surface area contributed by atoms with E-state index in [9.17, 15) is 8.78 Å². The Hall–Kier alpha value is -0.590. The van der Waals surface area contributed by atoms with E-state index in [-0.39, 0.29) is 10.6 Å². The Balaban J connectivity index is 2.45. The van der Waals surface area contributed by atoms with Gasteiger partial charge >= 0.3 is 0 Å². The lowest BCUT2D eigenvalue weighted by Crippen LogP contribution is -1.90. The van der Waals surface area contributed by atoms with Crippen LogP contribution in [0.5, 0.6) is 0 Å². The quantitative estimate of drug-likeness (QED) is 0.789. The second-order valence-electron chi connectivity index (χ2n) is 3.18. The molecule has 0 atom stereocenters. The maximum absolute atomic E-state index is 13.6. The van der Waals surface area contributed by atoms with Crippen LogP contribution in [0.4, 0.5) is 8.78 Å². The van der Waals surface area contributed by atoms with Gasteiger partial charge in [-0.1, -0.05) is 27.3 Å². The van der Waals surface area contributed by atoms with Crippen molar-refractivity contribution in [3.63, 3.8) is 0 Å². The van der Waals surface area contributed by atoms with Crippen molar-refractivity contribution >= 4 is 38.9 Å². The number of hydrogen-bond donors (Lipinski definition) is 0. The first kappa shape index (κ1) is 12.9. The lowest BCUT2D eigenvalue weighted by Gasteiger charge is -2.01. The monoisotopic (exact) mass is 338 g/mol. The van der Waals surface area contributed by atoms with E-state index >= 15 is 0 Å². The standard InChI is InChI=1S/C10H6BrClF2N2S/c11-5-3-6(13)9(7(14)4-5)10-16-15-8(17-10)1-2-12/h3-4H,1-2H2. The molecule has 0 aliphatic carbocycles. The third kappa shape index (κ3) is 2.81. The summed E-state index contributed by atoms with van der Waals surface area (Å²) in [5.41, 5.74) is -0.147. The van der Waals surface area contributed by atoms with Crippen LogP contribution >= 0.6 is 38.9 Å². The van der Waals surface area contributed by atoms with Crippen molar-refractivity contribution in [3.8, 4) is 10.6 Å². The van der Waals surface area contributed by atoms with Crippen molar-refractivity contribution < 1.29 is 8.78 Å². The zero-order valence-corrected chi connectivity index (χ0v) is 11.5. The van der Waals surface area contributed by atoms with Crippen LogP contribution in [0.3, 0.4) is 0 Å². The summed E-state index contributed by atoms with van der Waals surface area (Å²) in [5, 5.41) is 8.49. The molecular formula is C10H6BrClF2N2S. The maximum Gasteiger partial charge on any atom is 0.153 e. The van der Waals surface area contributed by atoms with Gasteiger partial charge in [-0.25, -0.2) is 8.78 Å². The molecule has 2 aromatic rings. The van der Waals surface area contributed by atoms with Crippen LogP contribution in [0.2, 0.25) is 0 Å². The van der Waals surface area contributed by atoms with E-state index in [2.05, 4.69) is 26.1 Å². The van der Waals surface area contributed by atoms with Crippen LogP contribution in [0.15, 0.2) is 16.6 Å². The molecule has 0 radical (unpaired) electrons. The summed E-state index contributed by atoms with van der Waals surface area (Å²) < 4.78 is 27.6. The Bertz CT molecular complexity index is 524. The highest BCUT2D eigenvalue weighted by molar-refractivity contribution is 9.10. The smallest absolute Gasteiger partial charge is 0.153 e. The molecule has 1 heterocycles. The van der Waals surface area contributed by atoms with Crippen LogP contribution in [0.25, 0.3) is 10.6 Å². The van der Waals surface area contributed by atoms with E-state index in [0.29, 0.717) is 21.8 Å². The van der Waals surface area contributed by atoms with Gasteiger partial charge in [0.25, 0.3) is 0 Å².